The van der Waals surface area contributed by atoms with Crippen LogP contribution in [0, 0.1) is 0 Å². The number of sulfonamides is 1. The second kappa shape index (κ2) is 6.63. The van der Waals surface area contributed by atoms with Crippen LogP contribution in [0.5, 0.6) is 0 Å². The SMILES string of the molecule is Nc1nc2c(ncn2-c2ccc(S(=O)(=O)N3CCCCC3)cc2Cl)c(=O)[nH]1. The molecule has 1 aliphatic rings. The van der Waals surface area contributed by atoms with E-state index in [2.05, 4.69) is 15.0 Å². The molecule has 9 nitrogen and oxygen atoms in total. The predicted molar refractivity (Wildman–Crippen MR) is 102 cm³/mol. The Hall–Kier alpha value is -2.43. The number of aromatic amines is 1. The average molecular weight is 409 g/mol. The normalized spacial score (nSPS) is 16.0. The van der Waals surface area contributed by atoms with Gasteiger partial charge in [-0.25, -0.2) is 13.4 Å². The Morgan fingerprint density at radius 1 is 1.19 bits per heavy atom. The maximum atomic E-state index is 12.8. The van der Waals surface area contributed by atoms with E-state index in [0.717, 1.165) is 19.3 Å². The molecule has 1 saturated heterocycles. The first-order chi connectivity index (χ1) is 12.9. The number of benzene rings is 1. The molecule has 11 heteroatoms. The number of halogens is 1. The first-order valence-corrected chi connectivity index (χ1v) is 10.2. The molecule has 0 radical (unpaired) electrons. The van der Waals surface area contributed by atoms with Gasteiger partial charge in [-0.1, -0.05) is 18.0 Å². The number of nitrogen functional groups attached to an aromatic ring is 1. The van der Waals surface area contributed by atoms with Crippen LogP contribution in [0.15, 0.2) is 34.2 Å². The zero-order valence-corrected chi connectivity index (χ0v) is 15.8. The highest BCUT2D eigenvalue weighted by atomic mass is 35.5. The number of rotatable bonds is 3. The Kier molecular flexibility index (Phi) is 4.41. The van der Waals surface area contributed by atoms with Crippen LogP contribution < -0.4 is 11.3 Å². The summed E-state index contributed by atoms with van der Waals surface area (Å²) in [5.74, 6) is -0.0466. The van der Waals surface area contributed by atoms with Crippen molar-refractivity contribution >= 4 is 38.7 Å². The number of piperidine rings is 1. The summed E-state index contributed by atoms with van der Waals surface area (Å²) in [4.78, 5) is 22.6. The van der Waals surface area contributed by atoms with Crippen molar-refractivity contribution in [1.82, 2.24) is 23.8 Å². The summed E-state index contributed by atoms with van der Waals surface area (Å²) in [5.41, 5.74) is 5.96. The number of anilines is 1. The Labute approximate surface area is 159 Å². The fourth-order valence-electron chi connectivity index (χ4n) is 3.20. The molecule has 0 unspecified atom stereocenters. The number of H-pyrrole nitrogens is 1. The molecule has 3 aromatic rings. The Balaban J connectivity index is 1.78. The molecule has 3 heterocycles. The molecule has 0 spiro atoms. The van der Waals surface area contributed by atoms with Gasteiger partial charge in [-0.15, -0.1) is 0 Å². The minimum Gasteiger partial charge on any atom is -0.369 e. The van der Waals surface area contributed by atoms with Crippen molar-refractivity contribution in [1.29, 1.82) is 0 Å². The highest BCUT2D eigenvalue weighted by Gasteiger charge is 2.26. The molecule has 0 amide bonds. The van der Waals surface area contributed by atoms with Gasteiger partial charge in [0.25, 0.3) is 5.56 Å². The number of imidazole rings is 1. The monoisotopic (exact) mass is 408 g/mol. The van der Waals surface area contributed by atoms with Gasteiger partial charge in [0, 0.05) is 13.1 Å². The molecule has 1 aromatic carbocycles. The fourth-order valence-corrected chi connectivity index (χ4v) is 5.08. The lowest BCUT2D eigenvalue weighted by atomic mass is 10.2. The van der Waals surface area contributed by atoms with E-state index in [1.165, 1.54) is 27.3 Å². The molecule has 142 valence electrons. The molecular formula is C16H17ClN6O3S. The molecule has 1 aliphatic heterocycles. The number of nitrogens with one attached hydrogen (secondary N) is 1. The van der Waals surface area contributed by atoms with Crippen molar-refractivity contribution in [3.63, 3.8) is 0 Å². The molecule has 0 saturated carbocycles. The number of aromatic nitrogens is 4. The van der Waals surface area contributed by atoms with Gasteiger partial charge in [-0.05, 0) is 31.0 Å². The van der Waals surface area contributed by atoms with Crippen molar-refractivity contribution in [2.24, 2.45) is 0 Å². The molecule has 4 rings (SSSR count). The van der Waals surface area contributed by atoms with E-state index in [9.17, 15) is 13.2 Å². The molecular weight excluding hydrogens is 392 g/mol. The summed E-state index contributed by atoms with van der Waals surface area (Å²) in [5, 5.41) is 0.202. The number of hydrogen-bond acceptors (Lipinski definition) is 6. The Morgan fingerprint density at radius 3 is 2.63 bits per heavy atom. The first-order valence-electron chi connectivity index (χ1n) is 8.41. The zero-order chi connectivity index (χ0) is 19.2. The maximum absolute atomic E-state index is 12.8. The van der Waals surface area contributed by atoms with Gasteiger partial charge in [-0.3, -0.25) is 14.3 Å². The van der Waals surface area contributed by atoms with Crippen molar-refractivity contribution in [2.75, 3.05) is 18.8 Å². The molecule has 27 heavy (non-hydrogen) atoms. The molecule has 2 aromatic heterocycles. The number of fused-ring (bicyclic) bond motifs is 1. The van der Waals surface area contributed by atoms with E-state index in [1.54, 1.807) is 6.07 Å². The van der Waals surface area contributed by atoms with Crippen LogP contribution in [0.3, 0.4) is 0 Å². The first kappa shape index (κ1) is 18.0. The maximum Gasteiger partial charge on any atom is 0.280 e. The van der Waals surface area contributed by atoms with Gasteiger partial charge in [0.05, 0.1) is 15.6 Å². The van der Waals surface area contributed by atoms with Gasteiger partial charge >= 0.3 is 0 Å². The van der Waals surface area contributed by atoms with E-state index >= 15 is 0 Å². The fraction of sp³-hybridized carbons (Fsp3) is 0.312. The predicted octanol–water partition coefficient (Wildman–Crippen LogP) is 1.52. The summed E-state index contributed by atoms with van der Waals surface area (Å²) in [6.45, 7) is 1.03. The lowest BCUT2D eigenvalue weighted by Gasteiger charge is -2.26. The smallest absolute Gasteiger partial charge is 0.280 e. The third kappa shape index (κ3) is 3.09. The van der Waals surface area contributed by atoms with Crippen LogP contribution in [-0.2, 0) is 10.0 Å². The third-order valence-corrected chi connectivity index (χ3v) is 6.75. The lowest BCUT2D eigenvalue weighted by Crippen LogP contribution is -2.35. The highest BCUT2D eigenvalue weighted by molar-refractivity contribution is 7.89. The van der Waals surface area contributed by atoms with Crippen LogP contribution in [0.25, 0.3) is 16.9 Å². The van der Waals surface area contributed by atoms with Gasteiger partial charge in [0.2, 0.25) is 16.0 Å². The van der Waals surface area contributed by atoms with Crippen molar-refractivity contribution in [2.45, 2.75) is 24.2 Å². The molecule has 1 fully saturated rings. The zero-order valence-electron chi connectivity index (χ0n) is 14.2. The van der Waals surface area contributed by atoms with E-state index in [1.807, 2.05) is 0 Å². The summed E-state index contributed by atoms with van der Waals surface area (Å²) in [7, 11) is -3.59. The Morgan fingerprint density at radius 2 is 1.93 bits per heavy atom. The van der Waals surface area contributed by atoms with Crippen LogP contribution in [-0.4, -0.2) is 45.3 Å². The molecule has 0 bridgehead atoms. The van der Waals surface area contributed by atoms with Crippen molar-refractivity contribution in [3.05, 3.63) is 39.9 Å². The molecule has 0 aliphatic carbocycles. The van der Waals surface area contributed by atoms with E-state index in [0.29, 0.717) is 18.8 Å². The number of hydrogen-bond donors (Lipinski definition) is 2. The molecule has 3 N–H and O–H groups in total. The summed E-state index contributed by atoms with van der Waals surface area (Å²) in [6, 6.07) is 4.47. The van der Waals surface area contributed by atoms with E-state index in [4.69, 9.17) is 17.3 Å². The second-order valence-electron chi connectivity index (χ2n) is 6.32. The minimum atomic E-state index is -3.59. The standard InChI is InChI=1S/C16H17ClN6O3S/c17-11-8-10(27(25,26)22-6-2-1-3-7-22)4-5-12(11)23-9-19-13-14(23)20-16(18)21-15(13)24/h4-5,8-9H,1-3,6-7H2,(H3,18,20,21,24). The van der Waals surface area contributed by atoms with Crippen LogP contribution in [0.1, 0.15) is 19.3 Å². The average Bonchev–Trinajstić information content (AvgIpc) is 3.06. The van der Waals surface area contributed by atoms with Gasteiger partial charge in [0.15, 0.2) is 11.2 Å². The van der Waals surface area contributed by atoms with Crippen molar-refractivity contribution in [3.8, 4) is 5.69 Å². The summed E-state index contributed by atoms with van der Waals surface area (Å²) >= 11 is 6.37. The van der Waals surface area contributed by atoms with Gasteiger partial charge in [-0.2, -0.15) is 9.29 Å². The highest BCUT2D eigenvalue weighted by Crippen LogP contribution is 2.28. The quantitative estimate of drug-likeness (QED) is 0.676. The van der Waals surface area contributed by atoms with Gasteiger partial charge in [0.1, 0.15) is 6.33 Å². The van der Waals surface area contributed by atoms with E-state index < -0.39 is 15.6 Å². The topological polar surface area (TPSA) is 127 Å². The lowest BCUT2D eigenvalue weighted by molar-refractivity contribution is 0.346. The number of nitrogens with two attached hydrogens (primary N) is 1. The van der Waals surface area contributed by atoms with Crippen LogP contribution >= 0.6 is 11.6 Å². The molecule has 0 atom stereocenters. The largest absolute Gasteiger partial charge is 0.369 e. The van der Waals surface area contributed by atoms with Crippen LogP contribution in [0.4, 0.5) is 5.95 Å². The third-order valence-electron chi connectivity index (χ3n) is 4.56. The van der Waals surface area contributed by atoms with E-state index in [-0.39, 0.29) is 27.0 Å². The van der Waals surface area contributed by atoms with Crippen LogP contribution in [0.2, 0.25) is 5.02 Å². The summed E-state index contributed by atoms with van der Waals surface area (Å²) < 4.78 is 28.6. The van der Waals surface area contributed by atoms with Crippen molar-refractivity contribution < 1.29 is 8.42 Å². The Bertz CT molecular complexity index is 1180. The second-order valence-corrected chi connectivity index (χ2v) is 8.66. The minimum absolute atomic E-state index is 0.0466. The summed E-state index contributed by atoms with van der Waals surface area (Å²) in [6.07, 6.45) is 4.14. The van der Waals surface area contributed by atoms with Gasteiger partial charge < -0.3 is 5.73 Å². The number of nitrogens with zero attached hydrogens (tertiary/aromatic N) is 4.